The van der Waals surface area contributed by atoms with E-state index in [1.165, 1.54) is 9.47 Å². The van der Waals surface area contributed by atoms with Gasteiger partial charge in [-0.2, -0.15) is 0 Å². The summed E-state index contributed by atoms with van der Waals surface area (Å²) in [6, 6.07) is 5.22. The third-order valence-electron chi connectivity index (χ3n) is 6.22. The van der Waals surface area contributed by atoms with Gasteiger partial charge in [-0.05, 0) is 86.7 Å². The van der Waals surface area contributed by atoms with Crippen molar-refractivity contribution in [1.29, 1.82) is 0 Å². The lowest BCUT2D eigenvalue weighted by Crippen LogP contribution is -2.47. The van der Waals surface area contributed by atoms with Gasteiger partial charge in [0.25, 0.3) is 0 Å². The van der Waals surface area contributed by atoms with E-state index in [0.717, 1.165) is 22.1 Å². The zero-order valence-electron chi connectivity index (χ0n) is 22.2. The van der Waals surface area contributed by atoms with Crippen LogP contribution in [0.15, 0.2) is 28.9 Å². The van der Waals surface area contributed by atoms with Crippen molar-refractivity contribution in [2.75, 3.05) is 26.6 Å². The number of carbonyl (C=O) groups excluding carboxylic acids is 2. The van der Waals surface area contributed by atoms with Gasteiger partial charge in [0.05, 0.1) is 16.0 Å². The van der Waals surface area contributed by atoms with Crippen LogP contribution < -0.4 is 0 Å². The van der Waals surface area contributed by atoms with E-state index in [4.69, 9.17) is 8.85 Å². The summed E-state index contributed by atoms with van der Waals surface area (Å²) < 4.78 is 32.5. The second-order valence-corrected chi connectivity index (χ2v) is 10.1. The first-order chi connectivity index (χ1) is 16.3. The van der Waals surface area contributed by atoms with Crippen LogP contribution in [0.5, 0.6) is 0 Å². The molecule has 6 nitrogen and oxygen atoms in total. The molecular formula is C25H32BrN3O3. The summed E-state index contributed by atoms with van der Waals surface area (Å²) in [5.74, 6) is -0.629. The highest BCUT2D eigenvalue weighted by Gasteiger charge is 2.38. The SMILES string of the molecule is [2H]C([2H])([2H])N1C[C@H](C(=O)N(CC)CC)C=C2c3cccc4c3c(c(Br)n4C(=O)OC(C)(C)C)C[C@H]21. The molecule has 0 fully saturated rings. The topological polar surface area (TPSA) is 54.8 Å². The van der Waals surface area contributed by atoms with Gasteiger partial charge in [0.2, 0.25) is 5.91 Å². The Morgan fingerprint density at radius 2 is 2.00 bits per heavy atom. The van der Waals surface area contributed by atoms with Crippen molar-refractivity contribution in [3.05, 3.63) is 40.0 Å². The number of halogens is 1. The maximum atomic E-state index is 13.3. The Labute approximate surface area is 202 Å². The molecular weight excluding hydrogens is 470 g/mol. The summed E-state index contributed by atoms with van der Waals surface area (Å²) in [5, 5.41) is 0.883. The van der Waals surface area contributed by atoms with Gasteiger partial charge in [-0.1, -0.05) is 18.2 Å². The molecule has 0 N–H and O–H groups in total. The minimum absolute atomic E-state index is 0.0688. The summed E-state index contributed by atoms with van der Waals surface area (Å²) in [5.41, 5.74) is 2.56. The molecule has 2 atom stereocenters. The largest absolute Gasteiger partial charge is 0.443 e. The predicted molar refractivity (Wildman–Crippen MR) is 131 cm³/mol. The number of carbonyl (C=O) groups is 2. The van der Waals surface area contributed by atoms with Gasteiger partial charge < -0.3 is 9.64 Å². The quantitative estimate of drug-likeness (QED) is 0.594. The molecule has 0 unspecified atom stereocenters. The molecule has 32 heavy (non-hydrogen) atoms. The lowest BCUT2D eigenvalue weighted by atomic mass is 9.79. The third-order valence-corrected chi connectivity index (χ3v) is 7.05. The maximum Gasteiger partial charge on any atom is 0.419 e. The molecule has 1 aliphatic heterocycles. The number of hydrogen-bond donors (Lipinski definition) is 0. The molecule has 4 rings (SSSR count). The summed E-state index contributed by atoms with van der Waals surface area (Å²) in [4.78, 5) is 29.6. The molecule has 2 heterocycles. The van der Waals surface area contributed by atoms with Crippen LogP contribution in [0.4, 0.5) is 4.79 Å². The number of fused-ring (bicyclic) bond motifs is 2. The van der Waals surface area contributed by atoms with Crippen LogP contribution in [0.1, 0.15) is 49.9 Å². The van der Waals surface area contributed by atoms with Crippen molar-refractivity contribution in [1.82, 2.24) is 14.4 Å². The molecule has 0 bridgehead atoms. The second kappa shape index (κ2) is 8.34. The first-order valence-corrected chi connectivity index (χ1v) is 11.9. The van der Waals surface area contributed by atoms with Gasteiger partial charge >= 0.3 is 6.09 Å². The van der Waals surface area contributed by atoms with Crippen molar-refractivity contribution in [3.63, 3.8) is 0 Å². The number of amides is 1. The minimum Gasteiger partial charge on any atom is -0.443 e. The standard InChI is InChI=1S/C25H32BrN3O3/c1-7-28(8-2)23(30)15-12-17-16-10-9-11-19-21(16)18(13-20(17)27(6)14-15)22(26)29(19)24(31)32-25(3,4)5/h9-12,15,20H,7-8,13-14H2,1-6H3/t15-,20-/m1/s1/i6D3. The first-order valence-electron chi connectivity index (χ1n) is 12.6. The van der Waals surface area contributed by atoms with Gasteiger partial charge in [-0.25, -0.2) is 9.36 Å². The fraction of sp³-hybridized carbons (Fsp3) is 0.520. The molecule has 0 saturated heterocycles. The molecule has 1 amide bonds. The lowest BCUT2D eigenvalue weighted by Gasteiger charge is -2.40. The van der Waals surface area contributed by atoms with E-state index in [1.54, 1.807) is 4.90 Å². The van der Waals surface area contributed by atoms with Gasteiger partial charge in [0.1, 0.15) is 5.60 Å². The van der Waals surface area contributed by atoms with Gasteiger partial charge in [-0.3, -0.25) is 9.69 Å². The van der Waals surface area contributed by atoms with Crippen molar-refractivity contribution >= 4 is 44.4 Å². The van der Waals surface area contributed by atoms with Crippen molar-refractivity contribution in [2.45, 2.75) is 52.7 Å². The van der Waals surface area contributed by atoms with Crippen LogP contribution in [0, 0.1) is 5.92 Å². The Balaban J connectivity index is 1.90. The normalized spacial score (nSPS) is 22.4. The van der Waals surface area contributed by atoms with E-state index in [0.29, 0.717) is 29.6 Å². The van der Waals surface area contributed by atoms with E-state index >= 15 is 0 Å². The number of benzene rings is 1. The molecule has 7 heteroatoms. The second-order valence-electron chi connectivity index (χ2n) is 9.40. The van der Waals surface area contributed by atoms with E-state index in [9.17, 15) is 9.59 Å². The molecule has 1 aromatic carbocycles. The smallest absolute Gasteiger partial charge is 0.419 e. The summed E-state index contributed by atoms with van der Waals surface area (Å²) >= 11 is 3.61. The van der Waals surface area contributed by atoms with Crippen molar-refractivity contribution in [2.24, 2.45) is 5.92 Å². The number of ether oxygens (including phenoxy) is 1. The van der Waals surface area contributed by atoms with E-state index in [1.807, 2.05) is 58.9 Å². The predicted octanol–water partition coefficient (Wildman–Crippen LogP) is 4.93. The minimum atomic E-state index is -2.38. The van der Waals surface area contributed by atoms with Gasteiger partial charge in [0.15, 0.2) is 0 Å². The first kappa shape index (κ1) is 19.4. The van der Waals surface area contributed by atoms with Crippen LogP contribution in [0.25, 0.3) is 16.5 Å². The Kier molecular flexibility index (Phi) is 5.05. The highest BCUT2D eigenvalue weighted by atomic mass is 79.9. The number of aromatic nitrogens is 1. The van der Waals surface area contributed by atoms with E-state index in [-0.39, 0.29) is 12.5 Å². The van der Waals surface area contributed by atoms with Gasteiger partial charge in [-0.15, -0.1) is 0 Å². The monoisotopic (exact) mass is 504 g/mol. The molecule has 1 aliphatic carbocycles. The summed E-state index contributed by atoms with van der Waals surface area (Å²) in [6.45, 7) is 8.17. The van der Waals surface area contributed by atoms with E-state index < -0.39 is 30.6 Å². The zero-order valence-corrected chi connectivity index (χ0v) is 20.8. The number of likely N-dealkylation sites (N-methyl/N-ethyl adjacent to an activating group) is 1. The Hall–Kier alpha value is -2.12. The Bertz CT molecular complexity index is 1210. The molecule has 1 aromatic heterocycles. The molecule has 2 aromatic rings. The fourth-order valence-corrected chi connectivity index (χ4v) is 5.49. The fourth-order valence-electron chi connectivity index (χ4n) is 4.79. The highest BCUT2D eigenvalue weighted by molar-refractivity contribution is 9.10. The summed E-state index contributed by atoms with van der Waals surface area (Å²) in [7, 11) is 0. The van der Waals surface area contributed by atoms with Crippen LogP contribution in [0.3, 0.4) is 0 Å². The molecule has 0 radical (unpaired) electrons. The highest BCUT2D eigenvalue weighted by Crippen LogP contribution is 2.45. The van der Waals surface area contributed by atoms with Crippen LogP contribution >= 0.6 is 15.9 Å². The number of hydrogen-bond acceptors (Lipinski definition) is 4. The number of nitrogens with zero attached hydrogens (tertiary/aromatic N) is 3. The summed E-state index contributed by atoms with van der Waals surface area (Å²) in [6.07, 6.45) is 1.85. The third kappa shape index (κ3) is 3.79. The van der Waals surface area contributed by atoms with Crippen LogP contribution in [-0.2, 0) is 16.0 Å². The van der Waals surface area contributed by atoms with Crippen molar-refractivity contribution < 1.29 is 18.4 Å². The average molecular weight is 505 g/mol. The van der Waals surface area contributed by atoms with Crippen molar-refractivity contribution in [3.8, 4) is 0 Å². The Morgan fingerprint density at radius 3 is 2.62 bits per heavy atom. The van der Waals surface area contributed by atoms with E-state index in [2.05, 4.69) is 15.9 Å². The molecule has 2 aliphatic rings. The average Bonchev–Trinajstić information content (AvgIpc) is 3.05. The zero-order chi connectivity index (χ0) is 25.9. The molecule has 0 spiro atoms. The van der Waals surface area contributed by atoms with Crippen LogP contribution in [-0.4, -0.2) is 64.6 Å². The lowest BCUT2D eigenvalue weighted by molar-refractivity contribution is -0.134. The molecule has 172 valence electrons. The van der Waals surface area contributed by atoms with Crippen LogP contribution in [0.2, 0.25) is 0 Å². The van der Waals surface area contributed by atoms with Gasteiger partial charge in [0, 0.05) is 35.2 Å². The molecule has 0 saturated carbocycles. The number of rotatable bonds is 3. The maximum absolute atomic E-state index is 13.3. The Morgan fingerprint density at radius 1 is 1.28 bits per heavy atom.